The number of ether oxygens (including phenoxy) is 1. The molecule has 1 aromatic carbocycles. The molecule has 2 fully saturated rings. The first-order valence-electron chi connectivity index (χ1n) is 7.59. The van der Waals surface area contributed by atoms with Crippen LogP contribution < -0.4 is 5.32 Å². The molecule has 2 aliphatic rings. The molecule has 0 saturated heterocycles. The summed E-state index contributed by atoms with van der Waals surface area (Å²) in [6.07, 6.45) is 5.55. The summed E-state index contributed by atoms with van der Waals surface area (Å²) < 4.78 is 34.2. The van der Waals surface area contributed by atoms with E-state index in [9.17, 15) is 8.78 Å². The molecule has 1 N–H and O–H groups in total. The monoisotopic (exact) mass is 359 g/mol. The molecule has 1 aromatic rings. The van der Waals surface area contributed by atoms with Gasteiger partial charge in [-0.2, -0.15) is 0 Å². The van der Waals surface area contributed by atoms with Crippen molar-refractivity contribution in [3.8, 4) is 0 Å². The first-order valence-corrected chi connectivity index (χ1v) is 8.39. The molecule has 0 amide bonds. The SMILES string of the molecule is CCOC1CC(Nc2c(F)cc(Br)cc2F)C12CCCC2. The predicted molar refractivity (Wildman–Crippen MR) is 82.4 cm³/mol. The largest absolute Gasteiger partial charge is 0.378 e. The summed E-state index contributed by atoms with van der Waals surface area (Å²) in [5, 5.41) is 3.11. The molecule has 21 heavy (non-hydrogen) atoms. The Morgan fingerprint density at radius 1 is 1.29 bits per heavy atom. The molecule has 5 heteroatoms. The molecule has 2 nitrogen and oxygen atoms in total. The molecule has 0 aliphatic heterocycles. The van der Waals surface area contributed by atoms with E-state index in [-0.39, 0.29) is 23.2 Å². The minimum absolute atomic E-state index is 0.00979. The van der Waals surface area contributed by atoms with Crippen molar-refractivity contribution in [2.45, 2.75) is 51.2 Å². The molecule has 0 heterocycles. The van der Waals surface area contributed by atoms with Gasteiger partial charge in [0.2, 0.25) is 0 Å². The van der Waals surface area contributed by atoms with Gasteiger partial charge in [0.1, 0.15) is 17.3 Å². The van der Waals surface area contributed by atoms with Gasteiger partial charge in [0.05, 0.1) is 6.10 Å². The normalized spacial score (nSPS) is 26.9. The zero-order valence-corrected chi connectivity index (χ0v) is 13.7. The summed E-state index contributed by atoms with van der Waals surface area (Å²) >= 11 is 3.11. The zero-order valence-electron chi connectivity index (χ0n) is 12.1. The van der Waals surface area contributed by atoms with Gasteiger partial charge < -0.3 is 10.1 Å². The van der Waals surface area contributed by atoms with Crippen molar-refractivity contribution in [1.82, 2.24) is 0 Å². The lowest BCUT2D eigenvalue weighted by molar-refractivity contribution is -0.114. The molecule has 1 spiro atoms. The Hall–Kier alpha value is -0.680. The first-order chi connectivity index (χ1) is 10.1. The third kappa shape index (κ3) is 2.59. The Morgan fingerprint density at radius 2 is 1.90 bits per heavy atom. The van der Waals surface area contributed by atoms with Crippen molar-refractivity contribution in [1.29, 1.82) is 0 Å². The van der Waals surface area contributed by atoms with Gasteiger partial charge in [-0.05, 0) is 38.3 Å². The number of anilines is 1. The predicted octanol–water partition coefficient (Wildman–Crippen LogP) is 4.88. The van der Waals surface area contributed by atoms with Crippen LogP contribution in [0.25, 0.3) is 0 Å². The second-order valence-electron chi connectivity index (χ2n) is 6.06. The molecule has 2 unspecified atom stereocenters. The molecule has 0 bridgehead atoms. The van der Waals surface area contributed by atoms with Crippen molar-refractivity contribution in [3.05, 3.63) is 28.2 Å². The minimum atomic E-state index is -0.546. The summed E-state index contributed by atoms with van der Waals surface area (Å²) in [5.41, 5.74) is 0.0477. The number of nitrogens with one attached hydrogen (secondary N) is 1. The van der Waals surface area contributed by atoms with Crippen molar-refractivity contribution in [2.24, 2.45) is 5.41 Å². The Kier molecular flexibility index (Phi) is 4.23. The van der Waals surface area contributed by atoms with E-state index in [4.69, 9.17) is 4.74 Å². The number of halogens is 3. The van der Waals surface area contributed by atoms with Crippen LogP contribution in [0.15, 0.2) is 16.6 Å². The van der Waals surface area contributed by atoms with E-state index < -0.39 is 11.6 Å². The van der Waals surface area contributed by atoms with Crippen LogP contribution in [-0.2, 0) is 4.74 Å². The standard InChI is InChI=1S/C16H20BrF2NO/c1-2-21-14-9-13(16(14)5-3-4-6-16)20-15-11(18)7-10(17)8-12(15)19/h7-8,13-14,20H,2-6,9H2,1H3. The maximum Gasteiger partial charge on any atom is 0.150 e. The van der Waals surface area contributed by atoms with E-state index in [2.05, 4.69) is 21.2 Å². The average molecular weight is 360 g/mol. The Bertz CT molecular complexity index is 508. The highest BCUT2D eigenvalue weighted by Crippen LogP contribution is 2.55. The fraction of sp³-hybridized carbons (Fsp3) is 0.625. The van der Waals surface area contributed by atoms with Gasteiger partial charge in [-0.3, -0.25) is 0 Å². The fourth-order valence-electron chi connectivity index (χ4n) is 3.94. The third-order valence-corrected chi connectivity index (χ3v) is 5.47. The average Bonchev–Trinajstić information content (AvgIpc) is 2.92. The molecule has 2 atom stereocenters. The highest BCUT2D eigenvalue weighted by Gasteiger charge is 2.56. The molecule has 2 aliphatic carbocycles. The fourth-order valence-corrected chi connectivity index (χ4v) is 4.35. The van der Waals surface area contributed by atoms with Crippen LogP contribution >= 0.6 is 15.9 Å². The van der Waals surface area contributed by atoms with E-state index in [1.807, 2.05) is 6.92 Å². The van der Waals surface area contributed by atoms with Gasteiger partial charge in [0, 0.05) is 22.5 Å². The smallest absolute Gasteiger partial charge is 0.150 e. The van der Waals surface area contributed by atoms with Gasteiger partial charge in [0.15, 0.2) is 0 Å². The van der Waals surface area contributed by atoms with Crippen LogP contribution in [-0.4, -0.2) is 18.8 Å². The maximum absolute atomic E-state index is 14.0. The Morgan fingerprint density at radius 3 is 2.48 bits per heavy atom. The molecule has 116 valence electrons. The molecule has 0 aromatic heterocycles. The van der Waals surface area contributed by atoms with Crippen LogP contribution in [0.5, 0.6) is 0 Å². The zero-order chi connectivity index (χ0) is 15.0. The van der Waals surface area contributed by atoms with E-state index in [0.717, 1.165) is 19.3 Å². The van der Waals surface area contributed by atoms with Crippen LogP contribution in [0, 0.1) is 17.0 Å². The van der Waals surface area contributed by atoms with Crippen molar-refractivity contribution in [2.75, 3.05) is 11.9 Å². The summed E-state index contributed by atoms with van der Waals surface area (Å²) in [4.78, 5) is 0. The topological polar surface area (TPSA) is 21.3 Å². The number of rotatable bonds is 4. The molecular weight excluding hydrogens is 340 g/mol. The second kappa shape index (κ2) is 5.84. The van der Waals surface area contributed by atoms with E-state index in [1.54, 1.807) is 0 Å². The summed E-state index contributed by atoms with van der Waals surface area (Å²) in [6.45, 7) is 2.69. The van der Waals surface area contributed by atoms with Gasteiger partial charge in [-0.1, -0.05) is 28.8 Å². The lowest BCUT2D eigenvalue weighted by atomic mass is 9.60. The van der Waals surface area contributed by atoms with Gasteiger partial charge in [-0.15, -0.1) is 0 Å². The van der Waals surface area contributed by atoms with Crippen LogP contribution in [0.1, 0.15) is 39.0 Å². The number of hydrogen-bond acceptors (Lipinski definition) is 2. The van der Waals surface area contributed by atoms with Crippen molar-refractivity contribution in [3.63, 3.8) is 0 Å². The summed E-state index contributed by atoms with van der Waals surface area (Å²) in [6, 6.07) is 2.69. The van der Waals surface area contributed by atoms with Crippen LogP contribution in [0.2, 0.25) is 0 Å². The van der Waals surface area contributed by atoms with E-state index in [1.165, 1.54) is 25.0 Å². The highest BCUT2D eigenvalue weighted by molar-refractivity contribution is 9.10. The minimum Gasteiger partial charge on any atom is -0.378 e. The Labute approximate surface area is 132 Å². The van der Waals surface area contributed by atoms with Crippen LogP contribution in [0.4, 0.5) is 14.5 Å². The highest BCUT2D eigenvalue weighted by atomic mass is 79.9. The second-order valence-corrected chi connectivity index (χ2v) is 6.98. The number of hydrogen-bond donors (Lipinski definition) is 1. The quantitative estimate of drug-likeness (QED) is 0.827. The lowest BCUT2D eigenvalue weighted by Crippen LogP contribution is -2.60. The summed E-state index contributed by atoms with van der Waals surface area (Å²) in [7, 11) is 0. The Balaban J connectivity index is 1.80. The van der Waals surface area contributed by atoms with E-state index in [0.29, 0.717) is 11.1 Å². The molecule has 2 saturated carbocycles. The first kappa shape index (κ1) is 15.2. The number of benzene rings is 1. The van der Waals surface area contributed by atoms with Crippen molar-refractivity contribution >= 4 is 21.6 Å². The third-order valence-electron chi connectivity index (χ3n) is 5.01. The van der Waals surface area contributed by atoms with Crippen molar-refractivity contribution < 1.29 is 13.5 Å². The van der Waals surface area contributed by atoms with Gasteiger partial charge >= 0.3 is 0 Å². The summed E-state index contributed by atoms with van der Waals surface area (Å²) in [5.74, 6) is -1.09. The van der Waals surface area contributed by atoms with Gasteiger partial charge in [0.25, 0.3) is 0 Å². The molecule has 0 radical (unpaired) electrons. The molecule has 3 rings (SSSR count). The van der Waals surface area contributed by atoms with E-state index >= 15 is 0 Å². The van der Waals surface area contributed by atoms with Crippen LogP contribution in [0.3, 0.4) is 0 Å². The van der Waals surface area contributed by atoms with Gasteiger partial charge in [-0.25, -0.2) is 8.78 Å². The lowest BCUT2D eigenvalue weighted by Gasteiger charge is -2.54. The maximum atomic E-state index is 14.0. The molecular formula is C16H20BrF2NO.